The van der Waals surface area contributed by atoms with E-state index in [1.807, 2.05) is 18.2 Å². The van der Waals surface area contributed by atoms with E-state index in [1.54, 1.807) is 74.6 Å². The van der Waals surface area contributed by atoms with Crippen molar-refractivity contribution in [2.45, 2.75) is 26.1 Å². The molecule has 0 saturated heterocycles. The van der Waals surface area contributed by atoms with Crippen LogP contribution in [0.2, 0.25) is 0 Å². The molecule has 2 amide bonds. The number of rotatable bonds is 6. The van der Waals surface area contributed by atoms with Crippen LogP contribution in [0.15, 0.2) is 60.7 Å². The molecule has 0 spiro atoms. The van der Waals surface area contributed by atoms with Crippen molar-refractivity contribution in [1.29, 1.82) is 5.26 Å². The third kappa shape index (κ3) is 5.20. The van der Waals surface area contributed by atoms with Crippen LogP contribution in [0.5, 0.6) is 17.2 Å². The number of nitrogens with one attached hydrogen (secondary N) is 1. The number of nitrogens with zero attached hydrogens (tertiary/aromatic N) is 2. The highest BCUT2D eigenvalue weighted by molar-refractivity contribution is 6.04. The lowest BCUT2D eigenvalue weighted by molar-refractivity contribution is -0.138. The predicted octanol–water partition coefficient (Wildman–Crippen LogP) is 4.14. The Morgan fingerprint density at radius 1 is 1.11 bits per heavy atom. The average molecular weight is 472 g/mol. The summed E-state index contributed by atoms with van der Waals surface area (Å²) in [6.07, 6.45) is -0.667. The Bertz CT molecular complexity index is 1300. The van der Waals surface area contributed by atoms with Gasteiger partial charge in [0.1, 0.15) is 17.2 Å². The highest BCUT2D eigenvalue weighted by Gasteiger charge is 2.29. The van der Waals surface area contributed by atoms with Crippen molar-refractivity contribution in [3.8, 4) is 23.3 Å². The van der Waals surface area contributed by atoms with Gasteiger partial charge < -0.3 is 24.4 Å². The molecule has 0 aliphatic carbocycles. The molecule has 1 N–H and O–H groups in total. The summed E-state index contributed by atoms with van der Waals surface area (Å²) in [5.74, 6) is 1.43. The zero-order valence-corrected chi connectivity index (χ0v) is 19.7. The predicted molar refractivity (Wildman–Crippen MR) is 129 cm³/mol. The van der Waals surface area contributed by atoms with Crippen molar-refractivity contribution >= 4 is 17.5 Å². The Kier molecular flexibility index (Phi) is 6.88. The van der Waals surface area contributed by atoms with Gasteiger partial charge in [0.15, 0.2) is 6.10 Å². The molecule has 0 bridgehead atoms. The summed E-state index contributed by atoms with van der Waals surface area (Å²) in [7, 11) is 3.16. The van der Waals surface area contributed by atoms with Gasteiger partial charge in [0.05, 0.1) is 25.9 Å². The number of ether oxygens (including phenoxy) is 3. The van der Waals surface area contributed by atoms with Crippen LogP contribution in [0.1, 0.15) is 34.0 Å². The van der Waals surface area contributed by atoms with E-state index >= 15 is 0 Å². The number of amides is 2. The van der Waals surface area contributed by atoms with Crippen LogP contribution >= 0.6 is 0 Å². The SMILES string of the molecule is COc1ccc(CN2Cc3cc(NC(=O)c4ccc(C#N)cc4)ccc3OC(C)C2=O)c(OC)c1. The molecule has 0 radical (unpaired) electrons. The largest absolute Gasteiger partial charge is 0.497 e. The lowest BCUT2D eigenvalue weighted by Crippen LogP contribution is -2.37. The number of hydrogen-bond acceptors (Lipinski definition) is 6. The molecule has 3 aromatic rings. The van der Waals surface area contributed by atoms with Crippen molar-refractivity contribution in [1.82, 2.24) is 4.90 Å². The van der Waals surface area contributed by atoms with Crippen molar-refractivity contribution in [2.75, 3.05) is 19.5 Å². The number of methoxy groups -OCH3 is 2. The monoisotopic (exact) mass is 471 g/mol. The van der Waals surface area contributed by atoms with E-state index in [4.69, 9.17) is 19.5 Å². The summed E-state index contributed by atoms with van der Waals surface area (Å²) in [4.78, 5) is 27.5. The normalized spacial score (nSPS) is 14.7. The summed E-state index contributed by atoms with van der Waals surface area (Å²) >= 11 is 0. The van der Waals surface area contributed by atoms with E-state index in [0.717, 1.165) is 11.1 Å². The van der Waals surface area contributed by atoms with Crippen LogP contribution in [0.3, 0.4) is 0 Å². The summed E-state index contributed by atoms with van der Waals surface area (Å²) < 4.78 is 16.7. The third-order valence-electron chi connectivity index (χ3n) is 5.77. The lowest BCUT2D eigenvalue weighted by Gasteiger charge is -2.23. The lowest BCUT2D eigenvalue weighted by atomic mass is 10.1. The van der Waals surface area contributed by atoms with Crippen LogP contribution in [0.4, 0.5) is 5.69 Å². The average Bonchev–Trinajstić information content (AvgIpc) is 3.00. The van der Waals surface area contributed by atoms with Gasteiger partial charge in [-0.25, -0.2) is 0 Å². The fourth-order valence-corrected chi connectivity index (χ4v) is 3.90. The fourth-order valence-electron chi connectivity index (χ4n) is 3.90. The minimum atomic E-state index is -0.667. The van der Waals surface area contributed by atoms with E-state index in [-0.39, 0.29) is 11.8 Å². The Balaban J connectivity index is 1.57. The van der Waals surface area contributed by atoms with E-state index in [9.17, 15) is 9.59 Å². The number of fused-ring (bicyclic) bond motifs is 1. The minimum Gasteiger partial charge on any atom is -0.497 e. The number of carbonyl (C=O) groups is 2. The zero-order chi connectivity index (χ0) is 24.9. The number of carbonyl (C=O) groups excluding carboxylic acids is 2. The highest BCUT2D eigenvalue weighted by atomic mass is 16.5. The molecule has 1 aliphatic heterocycles. The molecule has 8 nitrogen and oxygen atoms in total. The third-order valence-corrected chi connectivity index (χ3v) is 5.77. The van der Waals surface area contributed by atoms with E-state index in [2.05, 4.69) is 5.32 Å². The summed E-state index contributed by atoms with van der Waals surface area (Å²) in [6, 6.07) is 19.2. The van der Waals surface area contributed by atoms with Crippen molar-refractivity contribution in [3.05, 3.63) is 82.9 Å². The van der Waals surface area contributed by atoms with E-state index in [1.165, 1.54) is 0 Å². The zero-order valence-electron chi connectivity index (χ0n) is 19.7. The maximum Gasteiger partial charge on any atom is 0.263 e. The van der Waals surface area contributed by atoms with Gasteiger partial charge in [-0.1, -0.05) is 0 Å². The summed E-state index contributed by atoms with van der Waals surface area (Å²) in [5.41, 5.74) is 3.10. The van der Waals surface area contributed by atoms with Crippen LogP contribution in [0.25, 0.3) is 0 Å². The number of hydrogen-bond donors (Lipinski definition) is 1. The Morgan fingerprint density at radius 2 is 1.89 bits per heavy atom. The molecular weight excluding hydrogens is 446 g/mol. The molecule has 0 aromatic heterocycles. The molecule has 1 aliphatic rings. The first kappa shape index (κ1) is 23.6. The van der Waals surface area contributed by atoms with Crippen molar-refractivity contribution < 1.29 is 23.8 Å². The molecule has 4 rings (SSSR count). The fraction of sp³-hybridized carbons (Fsp3) is 0.222. The second-order valence-corrected chi connectivity index (χ2v) is 8.10. The highest BCUT2D eigenvalue weighted by Crippen LogP contribution is 2.31. The quantitative estimate of drug-likeness (QED) is 0.580. The standard InChI is InChI=1S/C27H25N3O5/c1-17-27(32)30(15-20-8-10-23(33-2)13-25(20)34-3)16-21-12-22(9-11-24(21)35-17)29-26(31)19-6-4-18(14-28)5-7-19/h4-13,17H,15-16H2,1-3H3,(H,29,31). The number of anilines is 1. The Morgan fingerprint density at radius 3 is 2.57 bits per heavy atom. The summed E-state index contributed by atoms with van der Waals surface area (Å²) in [5, 5.41) is 11.8. The van der Waals surface area contributed by atoms with Crippen LogP contribution in [-0.4, -0.2) is 37.0 Å². The molecule has 1 unspecified atom stereocenters. The second-order valence-electron chi connectivity index (χ2n) is 8.10. The molecular formula is C27H25N3O5. The van der Waals surface area contributed by atoms with Gasteiger partial charge in [-0.05, 0) is 61.5 Å². The number of nitriles is 1. The molecule has 0 saturated carbocycles. The first-order valence-electron chi connectivity index (χ1n) is 11.0. The van der Waals surface area contributed by atoms with Gasteiger partial charge >= 0.3 is 0 Å². The van der Waals surface area contributed by atoms with Crippen LogP contribution in [-0.2, 0) is 17.9 Å². The molecule has 3 aromatic carbocycles. The Hall–Kier alpha value is -4.51. The second kappa shape index (κ2) is 10.2. The molecule has 0 fully saturated rings. The Labute approximate surface area is 203 Å². The molecule has 35 heavy (non-hydrogen) atoms. The number of benzene rings is 3. The summed E-state index contributed by atoms with van der Waals surface area (Å²) in [6.45, 7) is 2.34. The van der Waals surface area contributed by atoms with E-state index in [0.29, 0.717) is 47.2 Å². The maximum absolute atomic E-state index is 13.1. The van der Waals surface area contributed by atoms with Crippen LogP contribution in [0, 0.1) is 11.3 Å². The molecule has 1 atom stereocenters. The van der Waals surface area contributed by atoms with E-state index < -0.39 is 6.10 Å². The van der Waals surface area contributed by atoms with Crippen molar-refractivity contribution in [3.63, 3.8) is 0 Å². The smallest absolute Gasteiger partial charge is 0.263 e. The molecule has 8 heteroatoms. The molecule has 1 heterocycles. The van der Waals surface area contributed by atoms with Gasteiger partial charge in [-0.2, -0.15) is 5.26 Å². The van der Waals surface area contributed by atoms with Gasteiger partial charge in [-0.3, -0.25) is 9.59 Å². The van der Waals surface area contributed by atoms with Gasteiger partial charge in [0.25, 0.3) is 11.8 Å². The van der Waals surface area contributed by atoms with Gasteiger partial charge in [0, 0.05) is 41.5 Å². The van der Waals surface area contributed by atoms with Crippen molar-refractivity contribution in [2.24, 2.45) is 0 Å². The minimum absolute atomic E-state index is 0.151. The molecule has 178 valence electrons. The topological polar surface area (TPSA) is 101 Å². The van der Waals surface area contributed by atoms with Crippen LogP contribution < -0.4 is 19.5 Å². The first-order valence-corrected chi connectivity index (χ1v) is 11.0. The maximum atomic E-state index is 13.1. The first-order chi connectivity index (χ1) is 16.9. The van der Waals surface area contributed by atoms with Gasteiger partial charge in [-0.15, -0.1) is 0 Å². The van der Waals surface area contributed by atoms with Gasteiger partial charge in [0.2, 0.25) is 0 Å².